The van der Waals surface area contributed by atoms with Crippen molar-refractivity contribution in [2.24, 2.45) is 0 Å². The summed E-state index contributed by atoms with van der Waals surface area (Å²) >= 11 is 0. The van der Waals surface area contributed by atoms with E-state index in [1.165, 1.54) is 0 Å². The number of rotatable bonds is 4. The average Bonchev–Trinajstić information content (AvgIpc) is 2.43. The normalized spacial score (nSPS) is 14.7. The van der Waals surface area contributed by atoms with E-state index in [2.05, 4.69) is 5.32 Å². The molecule has 0 unspecified atom stereocenters. The van der Waals surface area contributed by atoms with Gasteiger partial charge in [0.25, 0.3) is 0 Å². The number of hydrogen-bond acceptors (Lipinski definition) is 4. The van der Waals surface area contributed by atoms with Crippen LogP contribution in [0.3, 0.4) is 0 Å². The van der Waals surface area contributed by atoms with Crippen molar-refractivity contribution in [2.75, 3.05) is 20.2 Å². The minimum Gasteiger partial charge on any atom is -0.507 e. The molecular weight excluding hydrogens is 254 g/mol. The number of aromatic hydroxyl groups is 1. The van der Waals surface area contributed by atoms with Crippen LogP contribution in [0.2, 0.25) is 0 Å². The zero-order chi connectivity index (χ0) is 13.9. The van der Waals surface area contributed by atoms with Gasteiger partial charge < -0.3 is 19.9 Å². The first-order chi connectivity index (χ1) is 9.78. The topological polar surface area (TPSA) is 50.7 Å². The van der Waals surface area contributed by atoms with Crippen molar-refractivity contribution in [3.63, 3.8) is 0 Å². The molecule has 20 heavy (non-hydrogen) atoms. The SMILES string of the molecule is COc1ccc(-c2ccccc2O)cc1OC1CNC1. The molecule has 1 saturated heterocycles. The van der Waals surface area contributed by atoms with E-state index in [0.717, 1.165) is 24.2 Å². The predicted molar refractivity (Wildman–Crippen MR) is 77.4 cm³/mol. The first kappa shape index (κ1) is 12.8. The van der Waals surface area contributed by atoms with Crippen molar-refractivity contribution in [1.82, 2.24) is 5.32 Å². The van der Waals surface area contributed by atoms with Gasteiger partial charge in [-0.1, -0.05) is 24.3 Å². The quantitative estimate of drug-likeness (QED) is 0.896. The molecule has 1 aliphatic rings. The van der Waals surface area contributed by atoms with Crippen LogP contribution in [0.4, 0.5) is 0 Å². The zero-order valence-electron chi connectivity index (χ0n) is 11.3. The maximum Gasteiger partial charge on any atom is 0.162 e. The van der Waals surface area contributed by atoms with Crippen LogP contribution in [0.1, 0.15) is 0 Å². The van der Waals surface area contributed by atoms with E-state index in [1.807, 2.05) is 30.3 Å². The largest absolute Gasteiger partial charge is 0.507 e. The monoisotopic (exact) mass is 271 g/mol. The number of phenols is 1. The highest BCUT2D eigenvalue weighted by molar-refractivity contribution is 5.72. The number of phenolic OH excluding ortho intramolecular Hbond substituents is 1. The summed E-state index contributed by atoms with van der Waals surface area (Å²) in [5, 5.41) is 13.1. The minimum atomic E-state index is 0.184. The summed E-state index contributed by atoms with van der Waals surface area (Å²) in [6.07, 6.45) is 0.184. The van der Waals surface area contributed by atoms with Crippen LogP contribution in [0, 0.1) is 0 Å². The first-order valence-corrected chi connectivity index (χ1v) is 6.61. The third-order valence-corrected chi connectivity index (χ3v) is 3.42. The summed E-state index contributed by atoms with van der Waals surface area (Å²) in [4.78, 5) is 0. The summed E-state index contributed by atoms with van der Waals surface area (Å²) in [6, 6.07) is 13.0. The summed E-state index contributed by atoms with van der Waals surface area (Å²) in [5.41, 5.74) is 1.69. The van der Waals surface area contributed by atoms with Gasteiger partial charge in [0.15, 0.2) is 11.5 Å². The van der Waals surface area contributed by atoms with E-state index in [-0.39, 0.29) is 11.9 Å². The highest BCUT2D eigenvalue weighted by Crippen LogP contribution is 2.36. The molecule has 0 spiro atoms. The van der Waals surface area contributed by atoms with Gasteiger partial charge in [0.1, 0.15) is 11.9 Å². The Morgan fingerprint density at radius 1 is 1.10 bits per heavy atom. The second kappa shape index (κ2) is 5.43. The number of ether oxygens (including phenoxy) is 2. The zero-order valence-corrected chi connectivity index (χ0v) is 11.3. The molecule has 0 radical (unpaired) electrons. The van der Waals surface area contributed by atoms with Crippen molar-refractivity contribution in [2.45, 2.75) is 6.10 Å². The van der Waals surface area contributed by atoms with Gasteiger partial charge in [-0.15, -0.1) is 0 Å². The molecule has 0 aromatic heterocycles. The van der Waals surface area contributed by atoms with Gasteiger partial charge in [0.2, 0.25) is 0 Å². The second-order valence-corrected chi connectivity index (χ2v) is 4.78. The van der Waals surface area contributed by atoms with Crippen LogP contribution in [0.15, 0.2) is 42.5 Å². The van der Waals surface area contributed by atoms with Crippen LogP contribution in [0.25, 0.3) is 11.1 Å². The molecule has 0 saturated carbocycles. The number of methoxy groups -OCH3 is 1. The Balaban J connectivity index is 1.96. The number of nitrogens with one attached hydrogen (secondary N) is 1. The van der Waals surface area contributed by atoms with Gasteiger partial charge in [-0.2, -0.15) is 0 Å². The van der Waals surface area contributed by atoms with Crippen LogP contribution in [-0.4, -0.2) is 31.4 Å². The lowest BCUT2D eigenvalue weighted by atomic mass is 10.0. The van der Waals surface area contributed by atoms with E-state index in [4.69, 9.17) is 9.47 Å². The molecule has 4 nitrogen and oxygen atoms in total. The first-order valence-electron chi connectivity index (χ1n) is 6.61. The van der Waals surface area contributed by atoms with Gasteiger partial charge in [0, 0.05) is 18.7 Å². The molecule has 0 amide bonds. The molecule has 0 aliphatic carbocycles. The molecule has 1 heterocycles. The summed E-state index contributed by atoms with van der Waals surface area (Å²) in [7, 11) is 1.63. The van der Waals surface area contributed by atoms with E-state index in [1.54, 1.807) is 19.2 Å². The third-order valence-electron chi connectivity index (χ3n) is 3.42. The summed E-state index contributed by atoms with van der Waals surface area (Å²) in [5.74, 6) is 1.67. The fourth-order valence-electron chi connectivity index (χ4n) is 2.18. The maximum atomic E-state index is 9.94. The molecular formula is C16H17NO3. The van der Waals surface area contributed by atoms with Crippen molar-refractivity contribution < 1.29 is 14.6 Å². The van der Waals surface area contributed by atoms with Crippen LogP contribution in [-0.2, 0) is 0 Å². The average molecular weight is 271 g/mol. The third kappa shape index (κ3) is 2.42. The smallest absolute Gasteiger partial charge is 0.162 e. The predicted octanol–water partition coefficient (Wildman–Crippen LogP) is 2.42. The molecule has 2 aromatic carbocycles. The molecule has 0 bridgehead atoms. The minimum absolute atomic E-state index is 0.184. The molecule has 1 fully saturated rings. The lowest BCUT2D eigenvalue weighted by molar-refractivity contribution is 0.137. The van der Waals surface area contributed by atoms with Gasteiger partial charge in [0.05, 0.1) is 7.11 Å². The van der Waals surface area contributed by atoms with Gasteiger partial charge in [-0.25, -0.2) is 0 Å². The van der Waals surface area contributed by atoms with Gasteiger partial charge in [-0.05, 0) is 23.8 Å². The molecule has 3 rings (SSSR count). The molecule has 0 atom stereocenters. The Bertz CT molecular complexity index is 608. The highest BCUT2D eigenvalue weighted by atomic mass is 16.5. The lowest BCUT2D eigenvalue weighted by Gasteiger charge is -2.28. The van der Waals surface area contributed by atoms with E-state index < -0.39 is 0 Å². The van der Waals surface area contributed by atoms with E-state index in [0.29, 0.717) is 11.5 Å². The fourth-order valence-corrected chi connectivity index (χ4v) is 2.18. The van der Waals surface area contributed by atoms with Crippen molar-refractivity contribution >= 4 is 0 Å². The van der Waals surface area contributed by atoms with Crippen molar-refractivity contribution in [1.29, 1.82) is 0 Å². The van der Waals surface area contributed by atoms with Crippen molar-refractivity contribution in [3.8, 4) is 28.4 Å². The number of para-hydroxylation sites is 1. The highest BCUT2D eigenvalue weighted by Gasteiger charge is 2.20. The molecule has 2 N–H and O–H groups in total. The van der Waals surface area contributed by atoms with Crippen molar-refractivity contribution in [3.05, 3.63) is 42.5 Å². The Kier molecular flexibility index (Phi) is 3.48. The molecule has 1 aliphatic heterocycles. The Hall–Kier alpha value is -2.20. The fraction of sp³-hybridized carbons (Fsp3) is 0.250. The Morgan fingerprint density at radius 2 is 1.90 bits per heavy atom. The molecule has 2 aromatic rings. The molecule has 104 valence electrons. The van der Waals surface area contributed by atoms with E-state index in [9.17, 15) is 5.11 Å². The van der Waals surface area contributed by atoms with Gasteiger partial charge >= 0.3 is 0 Å². The lowest BCUT2D eigenvalue weighted by Crippen LogP contribution is -2.50. The van der Waals surface area contributed by atoms with Crippen LogP contribution >= 0.6 is 0 Å². The second-order valence-electron chi connectivity index (χ2n) is 4.78. The van der Waals surface area contributed by atoms with Gasteiger partial charge in [-0.3, -0.25) is 0 Å². The summed E-state index contributed by atoms with van der Waals surface area (Å²) in [6.45, 7) is 1.70. The van der Waals surface area contributed by atoms with E-state index >= 15 is 0 Å². The number of hydrogen-bond donors (Lipinski definition) is 2. The van der Waals surface area contributed by atoms with Crippen LogP contribution < -0.4 is 14.8 Å². The van der Waals surface area contributed by atoms with Crippen LogP contribution in [0.5, 0.6) is 17.2 Å². The Morgan fingerprint density at radius 3 is 2.55 bits per heavy atom. The standard InChI is InChI=1S/C16H17NO3/c1-19-15-7-6-11(13-4-2-3-5-14(13)18)8-16(15)20-12-9-17-10-12/h2-8,12,17-18H,9-10H2,1H3. The Labute approximate surface area is 118 Å². The molecule has 4 heteroatoms. The maximum absolute atomic E-state index is 9.94. The number of benzene rings is 2. The summed E-state index contributed by atoms with van der Waals surface area (Å²) < 4.78 is 11.2.